The molecule has 1 heterocycles. The maximum atomic E-state index is 11.6. The van der Waals surface area contributed by atoms with Gasteiger partial charge in [0.05, 0.1) is 0 Å². The number of aliphatic carboxylic acids is 1. The molecule has 0 aromatic carbocycles. The zero-order valence-corrected chi connectivity index (χ0v) is 9.03. The Bertz CT molecular complexity index is 339. The van der Waals surface area contributed by atoms with Gasteiger partial charge in [-0.3, -0.25) is 9.59 Å². The first-order valence-corrected chi connectivity index (χ1v) is 5.19. The van der Waals surface area contributed by atoms with Crippen LogP contribution in [-0.4, -0.2) is 45.1 Å². The third-order valence-corrected chi connectivity index (χ3v) is 2.31. The first kappa shape index (κ1) is 11.6. The van der Waals surface area contributed by atoms with Crippen LogP contribution < -0.4 is 0 Å². The van der Waals surface area contributed by atoms with Crippen molar-refractivity contribution in [3.05, 3.63) is 11.1 Å². The zero-order valence-electron chi connectivity index (χ0n) is 8.21. The largest absolute Gasteiger partial charge is 0.481 e. The van der Waals surface area contributed by atoms with Crippen molar-refractivity contribution < 1.29 is 14.7 Å². The molecule has 1 N–H and O–H groups in total. The molecule has 1 aromatic heterocycles. The molecular weight excluding hydrogens is 218 g/mol. The molecule has 0 radical (unpaired) electrons. The molecule has 0 aliphatic heterocycles. The fourth-order valence-electron chi connectivity index (χ4n) is 1.02. The summed E-state index contributed by atoms with van der Waals surface area (Å²) < 4.78 is 3.58. The SMILES string of the molecule is CN(CCCC(=O)O)C(=O)c1csnn1. The van der Waals surface area contributed by atoms with E-state index in [9.17, 15) is 9.59 Å². The summed E-state index contributed by atoms with van der Waals surface area (Å²) >= 11 is 1.11. The molecule has 7 heteroatoms. The van der Waals surface area contributed by atoms with E-state index in [-0.39, 0.29) is 12.3 Å². The highest BCUT2D eigenvalue weighted by molar-refractivity contribution is 7.03. The van der Waals surface area contributed by atoms with Crippen LogP contribution in [0.25, 0.3) is 0 Å². The molecule has 82 valence electrons. The van der Waals surface area contributed by atoms with Crippen LogP contribution in [0.5, 0.6) is 0 Å². The van der Waals surface area contributed by atoms with Crippen molar-refractivity contribution in [3.63, 3.8) is 0 Å². The molecule has 0 bridgehead atoms. The lowest BCUT2D eigenvalue weighted by Gasteiger charge is -2.14. The second-order valence-corrected chi connectivity index (χ2v) is 3.62. The number of carboxylic acid groups (broad SMARTS) is 1. The fourth-order valence-corrected chi connectivity index (χ4v) is 1.45. The Balaban J connectivity index is 2.37. The first-order chi connectivity index (χ1) is 7.11. The molecule has 0 spiro atoms. The van der Waals surface area contributed by atoms with E-state index in [1.807, 2.05) is 0 Å². The Hall–Kier alpha value is -1.50. The fraction of sp³-hybridized carbons (Fsp3) is 0.500. The van der Waals surface area contributed by atoms with E-state index >= 15 is 0 Å². The standard InChI is InChI=1S/C8H11N3O3S/c1-11(4-2-3-7(12)13)8(14)6-5-15-10-9-6/h5H,2-4H2,1H3,(H,12,13). The highest BCUT2D eigenvalue weighted by Gasteiger charge is 2.14. The van der Waals surface area contributed by atoms with Gasteiger partial charge in [0, 0.05) is 25.4 Å². The van der Waals surface area contributed by atoms with Gasteiger partial charge in [0.15, 0.2) is 5.69 Å². The van der Waals surface area contributed by atoms with Crippen LogP contribution in [0, 0.1) is 0 Å². The number of nitrogens with zero attached hydrogens (tertiary/aromatic N) is 3. The van der Waals surface area contributed by atoms with Crippen molar-refractivity contribution in [2.75, 3.05) is 13.6 Å². The summed E-state index contributed by atoms with van der Waals surface area (Å²) in [5, 5.41) is 13.6. The smallest absolute Gasteiger partial charge is 0.303 e. The molecular formula is C8H11N3O3S. The molecule has 0 aliphatic rings. The van der Waals surface area contributed by atoms with Crippen molar-refractivity contribution in [2.24, 2.45) is 0 Å². The third kappa shape index (κ3) is 3.62. The average molecular weight is 229 g/mol. The van der Waals surface area contributed by atoms with Gasteiger partial charge in [0.1, 0.15) is 0 Å². The van der Waals surface area contributed by atoms with Gasteiger partial charge in [-0.25, -0.2) is 0 Å². The van der Waals surface area contributed by atoms with Gasteiger partial charge in [0.25, 0.3) is 5.91 Å². The minimum Gasteiger partial charge on any atom is -0.481 e. The van der Waals surface area contributed by atoms with Gasteiger partial charge in [-0.1, -0.05) is 4.49 Å². The maximum absolute atomic E-state index is 11.6. The van der Waals surface area contributed by atoms with Crippen molar-refractivity contribution in [1.82, 2.24) is 14.5 Å². The monoisotopic (exact) mass is 229 g/mol. The van der Waals surface area contributed by atoms with Crippen molar-refractivity contribution in [2.45, 2.75) is 12.8 Å². The van der Waals surface area contributed by atoms with E-state index in [1.54, 1.807) is 12.4 Å². The Morgan fingerprint density at radius 2 is 2.33 bits per heavy atom. The summed E-state index contributed by atoms with van der Waals surface area (Å²) in [5.74, 6) is -1.08. The third-order valence-electron chi connectivity index (χ3n) is 1.81. The Morgan fingerprint density at radius 1 is 1.60 bits per heavy atom. The van der Waals surface area contributed by atoms with Crippen molar-refractivity contribution in [1.29, 1.82) is 0 Å². The number of carbonyl (C=O) groups excluding carboxylic acids is 1. The normalized spacial score (nSPS) is 9.93. The lowest BCUT2D eigenvalue weighted by Crippen LogP contribution is -2.28. The first-order valence-electron chi connectivity index (χ1n) is 4.35. The van der Waals surface area contributed by atoms with Crippen LogP contribution in [0.4, 0.5) is 0 Å². The van der Waals surface area contributed by atoms with Gasteiger partial charge < -0.3 is 10.0 Å². The summed E-state index contributed by atoms with van der Waals surface area (Å²) in [6.07, 6.45) is 0.502. The van der Waals surface area contributed by atoms with E-state index < -0.39 is 5.97 Å². The molecule has 0 saturated heterocycles. The van der Waals surface area contributed by atoms with Crippen LogP contribution in [0.15, 0.2) is 5.38 Å². The van der Waals surface area contributed by atoms with E-state index in [2.05, 4.69) is 9.59 Å². The number of aromatic nitrogens is 2. The predicted octanol–water partition coefficient (Wildman–Crippen LogP) is 0.475. The lowest BCUT2D eigenvalue weighted by atomic mass is 10.3. The minimum atomic E-state index is -0.855. The van der Waals surface area contributed by atoms with E-state index in [0.29, 0.717) is 18.7 Å². The van der Waals surface area contributed by atoms with E-state index in [1.165, 1.54) is 4.90 Å². The van der Waals surface area contributed by atoms with Crippen LogP contribution >= 0.6 is 11.5 Å². The molecule has 1 rings (SSSR count). The number of amides is 1. The molecule has 15 heavy (non-hydrogen) atoms. The van der Waals surface area contributed by atoms with Crippen LogP contribution in [0.2, 0.25) is 0 Å². The second-order valence-electron chi connectivity index (χ2n) is 3.01. The van der Waals surface area contributed by atoms with E-state index in [0.717, 1.165) is 11.5 Å². The molecule has 0 unspecified atom stereocenters. The predicted molar refractivity (Wildman–Crippen MR) is 53.7 cm³/mol. The lowest BCUT2D eigenvalue weighted by molar-refractivity contribution is -0.137. The van der Waals surface area contributed by atoms with Gasteiger partial charge in [-0.05, 0) is 18.0 Å². The van der Waals surface area contributed by atoms with Crippen molar-refractivity contribution >= 4 is 23.4 Å². The molecule has 0 fully saturated rings. The summed E-state index contributed by atoms with van der Waals surface area (Å²) in [6.45, 7) is 0.405. The average Bonchev–Trinajstić information content (AvgIpc) is 2.68. The quantitative estimate of drug-likeness (QED) is 0.793. The molecule has 0 atom stereocenters. The highest BCUT2D eigenvalue weighted by Crippen LogP contribution is 2.03. The number of hydrogen-bond donors (Lipinski definition) is 1. The Morgan fingerprint density at radius 3 is 2.87 bits per heavy atom. The van der Waals surface area contributed by atoms with Crippen LogP contribution in [0.1, 0.15) is 23.3 Å². The van der Waals surface area contributed by atoms with Crippen molar-refractivity contribution in [3.8, 4) is 0 Å². The summed E-state index contributed by atoms with van der Waals surface area (Å²) in [4.78, 5) is 23.3. The van der Waals surface area contributed by atoms with Crippen LogP contribution in [-0.2, 0) is 4.79 Å². The molecule has 1 aromatic rings. The number of rotatable bonds is 5. The number of carbonyl (C=O) groups is 2. The Labute approximate surface area is 90.7 Å². The maximum Gasteiger partial charge on any atom is 0.303 e. The van der Waals surface area contributed by atoms with Gasteiger partial charge in [-0.15, -0.1) is 5.10 Å². The molecule has 0 saturated carbocycles. The minimum absolute atomic E-state index is 0.0624. The Kier molecular flexibility index (Phi) is 4.17. The summed E-state index contributed by atoms with van der Waals surface area (Å²) in [6, 6.07) is 0. The summed E-state index contributed by atoms with van der Waals surface area (Å²) in [7, 11) is 1.61. The highest BCUT2D eigenvalue weighted by atomic mass is 32.1. The second kappa shape index (κ2) is 5.40. The number of hydrogen-bond acceptors (Lipinski definition) is 5. The molecule has 1 amide bonds. The van der Waals surface area contributed by atoms with Gasteiger partial charge >= 0.3 is 5.97 Å². The zero-order chi connectivity index (χ0) is 11.3. The topological polar surface area (TPSA) is 83.4 Å². The van der Waals surface area contributed by atoms with Gasteiger partial charge in [0.2, 0.25) is 0 Å². The van der Waals surface area contributed by atoms with Gasteiger partial charge in [-0.2, -0.15) is 0 Å². The molecule has 0 aliphatic carbocycles. The van der Waals surface area contributed by atoms with Crippen LogP contribution in [0.3, 0.4) is 0 Å². The summed E-state index contributed by atoms with van der Waals surface area (Å²) in [5.41, 5.74) is 0.304. The molecule has 6 nitrogen and oxygen atoms in total. The number of carboxylic acids is 1. The van der Waals surface area contributed by atoms with E-state index in [4.69, 9.17) is 5.11 Å².